The third kappa shape index (κ3) is 5.67. The van der Waals surface area contributed by atoms with Gasteiger partial charge in [0.25, 0.3) is 0 Å². The lowest BCUT2D eigenvalue weighted by Crippen LogP contribution is -2.30. The van der Waals surface area contributed by atoms with Gasteiger partial charge in [0.2, 0.25) is 0 Å². The Morgan fingerprint density at radius 1 is 1.44 bits per heavy atom. The number of anilines is 1. The molecule has 0 fully saturated rings. The van der Waals surface area contributed by atoms with Gasteiger partial charge in [-0.15, -0.1) is 0 Å². The fraction of sp³-hybridized carbons (Fsp3) is 0.462. The number of hydrogen-bond donors (Lipinski definition) is 2. The molecular formula is C13H19ClN2OS. The minimum Gasteiger partial charge on any atom is -0.382 e. The predicted octanol–water partition coefficient (Wildman–Crippen LogP) is 3.36. The van der Waals surface area contributed by atoms with Crippen molar-refractivity contribution in [3.05, 3.63) is 28.8 Å². The van der Waals surface area contributed by atoms with Gasteiger partial charge in [0.1, 0.15) is 0 Å². The zero-order valence-corrected chi connectivity index (χ0v) is 12.3. The molecule has 18 heavy (non-hydrogen) atoms. The summed E-state index contributed by atoms with van der Waals surface area (Å²) < 4.78 is 5.25. The van der Waals surface area contributed by atoms with E-state index in [2.05, 4.69) is 10.6 Å². The van der Waals surface area contributed by atoms with Gasteiger partial charge in [0.15, 0.2) is 5.11 Å². The summed E-state index contributed by atoms with van der Waals surface area (Å²) in [5, 5.41) is 7.64. The molecule has 0 atom stereocenters. The number of thiocarbonyl (C=S) groups is 1. The number of halogens is 1. The monoisotopic (exact) mass is 286 g/mol. The van der Waals surface area contributed by atoms with E-state index < -0.39 is 0 Å². The van der Waals surface area contributed by atoms with E-state index in [1.165, 1.54) is 0 Å². The number of hydrogen-bond acceptors (Lipinski definition) is 2. The van der Waals surface area contributed by atoms with Gasteiger partial charge in [-0.25, -0.2) is 0 Å². The Bertz CT molecular complexity index is 399. The highest BCUT2D eigenvalue weighted by Gasteiger charge is 2.01. The lowest BCUT2D eigenvalue weighted by molar-refractivity contribution is 0.146. The highest BCUT2D eigenvalue weighted by Crippen LogP contribution is 2.19. The number of nitrogens with one attached hydrogen (secondary N) is 2. The molecule has 0 bridgehead atoms. The second-order valence-electron chi connectivity index (χ2n) is 3.89. The summed E-state index contributed by atoms with van der Waals surface area (Å²) in [7, 11) is 0. The molecule has 0 aliphatic rings. The lowest BCUT2D eigenvalue weighted by atomic mass is 10.2. The zero-order valence-electron chi connectivity index (χ0n) is 10.8. The smallest absolute Gasteiger partial charge is 0.170 e. The third-order valence-electron chi connectivity index (χ3n) is 2.39. The molecule has 0 amide bonds. The topological polar surface area (TPSA) is 33.3 Å². The molecule has 1 rings (SSSR count). The first kappa shape index (κ1) is 15.2. The number of ether oxygens (including phenoxy) is 1. The maximum Gasteiger partial charge on any atom is 0.170 e. The first-order valence-corrected chi connectivity index (χ1v) is 6.81. The van der Waals surface area contributed by atoms with E-state index in [0.717, 1.165) is 42.5 Å². The van der Waals surface area contributed by atoms with Crippen LogP contribution in [0.15, 0.2) is 18.2 Å². The van der Waals surface area contributed by atoms with Crippen molar-refractivity contribution in [2.45, 2.75) is 20.3 Å². The van der Waals surface area contributed by atoms with E-state index in [1.54, 1.807) is 0 Å². The molecule has 0 unspecified atom stereocenters. The molecule has 0 aromatic heterocycles. The van der Waals surface area contributed by atoms with E-state index in [0.29, 0.717) is 5.11 Å². The van der Waals surface area contributed by atoms with Gasteiger partial charge in [-0.1, -0.05) is 11.6 Å². The predicted molar refractivity (Wildman–Crippen MR) is 81.5 cm³/mol. The van der Waals surface area contributed by atoms with E-state index in [-0.39, 0.29) is 0 Å². The van der Waals surface area contributed by atoms with Crippen molar-refractivity contribution in [2.75, 3.05) is 25.1 Å². The van der Waals surface area contributed by atoms with E-state index in [9.17, 15) is 0 Å². The lowest BCUT2D eigenvalue weighted by Gasteiger charge is -2.12. The van der Waals surface area contributed by atoms with Crippen molar-refractivity contribution >= 4 is 34.6 Å². The van der Waals surface area contributed by atoms with Crippen LogP contribution in [0.3, 0.4) is 0 Å². The minimum absolute atomic E-state index is 0.622. The number of rotatable bonds is 6. The SMILES string of the molecule is CCOCCCNC(=S)Nc1ccc(Cl)cc1C. The summed E-state index contributed by atoms with van der Waals surface area (Å²) in [5.41, 5.74) is 2.04. The largest absolute Gasteiger partial charge is 0.382 e. The Morgan fingerprint density at radius 2 is 2.22 bits per heavy atom. The molecular weight excluding hydrogens is 268 g/mol. The molecule has 1 aromatic rings. The van der Waals surface area contributed by atoms with Crippen molar-refractivity contribution in [1.29, 1.82) is 0 Å². The molecule has 0 aliphatic carbocycles. The van der Waals surface area contributed by atoms with Crippen LogP contribution in [0, 0.1) is 6.92 Å². The zero-order chi connectivity index (χ0) is 13.4. The molecule has 0 radical (unpaired) electrons. The molecule has 5 heteroatoms. The Hall–Kier alpha value is -0.840. The second kappa shape index (κ2) is 8.29. The summed E-state index contributed by atoms with van der Waals surface area (Å²) in [6.07, 6.45) is 0.940. The van der Waals surface area contributed by atoms with Crippen molar-refractivity contribution in [3.8, 4) is 0 Å². The van der Waals surface area contributed by atoms with Crippen LogP contribution < -0.4 is 10.6 Å². The summed E-state index contributed by atoms with van der Waals surface area (Å²) in [4.78, 5) is 0. The van der Waals surface area contributed by atoms with Gasteiger partial charge < -0.3 is 15.4 Å². The van der Waals surface area contributed by atoms with Crippen LogP contribution in [0.4, 0.5) is 5.69 Å². The Labute approximate surface area is 119 Å². The van der Waals surface area contributed by atoms with Crippen LogP contribution >= 0.6 is 23.8 Å². The van der Waals surface area contributed by atoms with Crippen LogP contribution in [-0.2, 0) is 4.74 Å². The molecule has 1 aromatic carbocycles. The van der Waals surface area contributed by atoms with Crippen LogP contribution in [0.5, 0.6) is 0 Å². The molecule has 3 nitrogen and oxygen atoms in total. The summed E-state index contributed by atoms with van der Waals surface area (Å²) in [6, 6.07) is 5.67. The number of aryl methyl sites for hydroxylation is 1. The van der Waals surface area contributed by atoms with E-state index in [4.69, 9.17) is 28.6 Å². The molecule has 0 saturated carbocycles. The molecule has 0 heterocycles. The molecule has 0 aliphatic heterocycles. The summed E-state index contributed by atoms with van der Waals surface area (Å²) in [5.74, 6) is 0. The van der Waals surface area contributed by atoms with Crippen LogP contribution in [0.2, 0.25) is 5.02 Å². The maximum atomic E-state index is 5.90. The van der Waals surface area contributed by atoms with Crippen LogP contribution in [-0.4, -0.2) is 24.9 Å². The average molecular weight is 287 g/mol. The van der Waals surface area contributed by atoms with Crippen molar-refractivity contribution in [2.24, 2.45) is 0 Å². The van der Waals surface area contributed by atoms with Crippen molar-refractivity contribution in [1.82, 2.24) is 5.32 Å². The highest BCUT2D eigenvalue weighted by molar-refractivity contribution is 7.80. The van der Waals surface area contributed by atoms with Crippen LogP contribution in [0.1, 0.15) is 18.9 Å². The Morgan fingerprint density at radius 3 is 2.89 bits per heavy atom. The van der Waals surface area contributed by atoms with Crippen molar-refractivity contribution in [3.63, 3.8) is 0 Å². The first-order valence-electron chi connectivity index (χ1n) is 6.02. The van der Waals surface area contributed by atoms with Gasteiger partial charge >= 0.3 is 0 Å². The van der Waals surface area contributed by atoms with Gasteiger partial charge in [0.05, 0.1) is 0 Å². The Balaban J connectivity index is 2.31. The summed E-state index contributed by atoms with van der Waals surface area (Å²) >= 11 is 11.1. The van der Waals surface area contributed by atoms with Gasteiger partial charge in [-0.2, -0.15) is 0 Å². The summed E-state index contributed by atoms with van der Waals surface area (Å²) in [6.45, 7) is 6.30. The molecule has 0 saturated heterocycles. The van der Waals surface area contributed by atoms with Crippen molar-refractivity contribution < 1.29 is 4.74 Å². The molecule has 100 valence electrons. The Kier molecular flexibility index (Phi) is 7.01. The van der Waals surface area contributed by atoms with E-state index in [1.807, 2.05) is 32.0 Å². The standard InChI is InChI=1S/C13H19ClN2OS/c1-3-17-8-4-7-15-13(18)16-12-6-5-11(14)9-10(12)2/h5-6,9H,3-4,7-8H2,1-2H3,(H2,15,16,18). The molecule has 0 spiro atoms. The average Bonchev–Trinajstić information content (AvgIpc) is 2.32. The quantitative estimate of drug-likeness (QED) is 0.621. The fourth-order valence-corrected chi connectivity index (χ4v) is 1.89. The maximum absolute atomic E-state index is 5.90. The second-order valence-corrected chi connectivity index (χ2v) is 4.74. The van der Waals surface area contributed by atoms with E-state index >= 15 is 0 Å². The highest BCUT2D eigenvalue weighted by atomic mass is 35.5. The third-order valence-corrected chi connectivity index (χ3v) is 2.87. The fourth-order valence-electron chi connectivity index (χ4n) is 1.45. The molecule has 2 N–H and O–H groups in total. The van der Waals surface area contributed by atoms with Gasteiger partial charge in [-0.05, 0) is 56.2 Å². The minimum atomic E-state index is 0.622. The van der Waals surface area contributed by atoms with Gasteiger partial charge in [-0.3, -0.25) is 0 Å². The normalized spacial score (nSPS) is 10.2. The number of benzene rings is 1. The first-order chi connectivity index (χ1) is 8.63. The van der Waals surface area contributed by atoms with Crippen LogP contribution in [0.25, 0.3) is 0 Å². The van der Waals surface area contributed by atoms with Gasteiger partial charge in [0, 0.05) is 30.5 Å².